The molecule has 0 unspecified atom stereocenters. The average molecular weight is 385 g/mol. The first-order chi connectivity index (χ1) is 13.0. The summed E-state index contributed by atoms with van der Waals surface area (Å²) < 4.78 is 5.91. The molecule has 0 aliphatic rings. The van der Waals surface area contributed by atoms with Crippen LogP contribution in [0.2, 0.25) is 0 Å². The van der Waals surface area contributed by atoms with Crippen molar-refractivity contribution in [2.45, 2.75) is 13.1 Å². The van der Waals surface area contributed by atoms with E-state index in [4.69, 9.17) is 4.42 Å². The number of nitrogens with one attached hydrogen (secondary N) is 1. The van der Waals surface area contributed by atoms with Crippen LogP contribution in [-0.4, -0.2) is 49.4 Å². The summed E-state index contributed by atoms with van der Waals surface area (Å²) in [4.78, 5) is 21.1. The van der Waals surface area contributed by atoms with Gasteiger partial charge in [-0.05, 0) is 23.6 Å². The Morgan fingerprint density at radius 3 is 2.70 bits per heavy atom. The highest BCUT2D eigenvalue weighted by molar-refractivity contribution is 7.09. The standard InChI is InChI=1S/C20H24N4O2S/c1-23(2)19(25)13-22-20(21-12-17-8-6-10-27-17)24(3)14-16-11-15-7-4-5-9-18(15)26-16/h4-11H,12-14H2,1-3H3,(H,21,22). The largest absolute Gasteiger partial charge is 0.459 e. The van der Waals surface area contributed by atoms with Crippen LogP contribution >= 0.6 is 11.3 Å². The zero-order chi connectivity index (χ0) is 19.2. The van der Waals surface area contributed by atoms with Gasteiger partial charge in [0.05, 0.1) is 13.1 Å². The van der Waals surface area contributed by atoms with Crippen molar-refractivity contribution in [3.63, 3.8) is 0 Å². The summed E-state index contributed by atoms with van der Waals surface area (Å²) in [5.74, 6) is 1.48. The molecule has 0 atom stereocenters. The van der Waals surface area contributed by atoms with Gasteiger partial charge in [0, 0.05) is 31.4 Å². The molecule has 1 N–H and O–H groups in total. The highest BCUT2D eigenvalue weighted by Crippen LogP contribution is 2.19. The number of likely N-dealkylation sites (N-methyl/N-ethyl adjacent to an activating group) is 1. The Morgan fingerprint density at radius 2 is 2.00 bits per heavy atom. The predicted molar refractivity (Wildman–Crippen MR) is 110 cm³/mol. The van der Waals surface area contributed by atoms with Crippen LogP contribution in [0.5, 0.6) is 0 Å². The smallest absolute Gasteiger partial charge is 0.243 e. The molecule has 0 radical (unpaired) electrons. The Balaban J connectivity index is 1.72. The molecule has 2 heterocycles. The summed E-state index contributed by atoms with van der Waals surface area (Å²) in [6, 6.07) is 14.1. The second kappa shape index (κ2) is 8.73. The molecule has 3 aromatic rings. The number of benzene rings is 1. The van der Waals surface area contributed by atoms with Gasteiger partial charge in [0.15, 0.2) is 5.96 Å². The van der Waals surface area contributed by atoms with Gasteiger partial charge >= 0.3 is 0 Å². The molecule has 27 heavy (non-hydrogen) atoms. The number of guanidine groups is 1. The summed E-state index contributed by atoms with van der Waals surface area (Å²) in [5.41, 5.74) is 0.869. The van der Waals surface area contributed by atoms with Crippen LogP contribution in [0, 0.1) is 0 Å². The molecule has 0 bridgehead atoms. The molecule has 142 valence electrons. The molecule has 1 aromatic carbocycles. The van der Waals surface area contributed by atoms with E-state index in [9.17, 15) is 4.79 Å². The summed E-state index contributed by atoms with van der Waals surface area (Å²) in [6.45, 7) is 1.32. The Kier molecular flexibility index (Phi) is 6.13. The van der Waals surface area contributed by atoms with Crippen LogP contribution in [0.25, 0.3) is 11.0 Å². The summed E-state index contributed by atoms with van der Waals surface area (Å²) in [6.07, 6.45) is 0. The van der Waals surface area contributed by atoms with E-state index in [-0.39, 0.29) is 12.5 Å². The summed E-state index contributed by atoms with van der Waals surface area (Å²) >= 11 is 1.68. The lowest BCUT2D eigenvalue weighted by atomic mass is 10.2. The third-order valence-electron chi connectivity index (χ3n) is 4.09. The second-order valence-corrected chi connectivity index (χ2v) is 7.50. The molecule has 1 amide bonds. The summed E-state index contributed by atoms with van der Waals surface area (Å²) in [7, 11) is 5.40. The van der Waals surface area contributed by atoms with Gasteiger partial charge in [-0.3, -0.25) is 4.79 Å². The van der Waals surface area contributed by atoms with Crippen molar-refractivity contribution in [3.8, 4) is 0 Å². The normalized spacial score (nSPS) is 11.6. The number of rotatable bonds is 6. The molecule has 0 saturated heterocycles. The zero-order valence-electron chi connectivity index (χ0n) is 15.8. The number of aliphatic imine (C=N–C) groups is 1. The van der Waals surface area contributed by atoms with Gasteiger partial charge in [-0.15, -0.1) is 11.3 Å². The quantitative estimate of drug-likeness (QED) is 0.524. The number of hydrogen-bond donors (Lipinski definition) is 1. The minimum absolute atomic E-state index is 0.0393. The number of carbonyl (C=O) groups is 1. The maximum absolute atomic E-state index is 11.9. The summed E-state index contributed by atoms with van der Waals surface area (Å²) in [5, 5.41) is 6.46. The Labute approximate surface area is 163 Å². The molecular formula is C20H24N4O2S. The number of thiophene rings is 1. The molecular weight excluding hydrogens is 360 g/mol. The van der Waals surface area contributed by atoms with Crippen molar-refractivity contribution in [1.82, 2.24) is 15.1 Å². The zero-order valence-corrected chi connectivity index (χ0v) is 16.6. The van der Waals surface area contributed by atoms with Crippen LogP contribution in [0.15, 0.2) is 57.3 Å². The van der Waals surface area contributed by atoms with Crippen molar-refractivity contribution in [2.24, 2.45) is 4.99 Å². The fraction of sp³-hybridized carbons (Fsp3) is 0.300. The van der Waals surface area contributed by atoms with E-state index >= 15 is 0 Å². The first-order valence-corrected chi connectivity index (χ1v) is 9.60. The first kappa shape index (κ1) is 19.0. The minimum atomic E-state index is -0.0393. The van der Waals surface area contributed by atoms with Gasteiger partial charge in [-0.2, -0.15) is 0 Å². The highest BCUT2D eigenvalue weighted by atomic mass is 32.1. The van der Waals surface area contributed by atoms with Gasteiger partial charge in [0.25, 0.3) is 0 Å². The second-order valence-electron chi connectivity index (χ2n) is 6.47. The van der Waals surface area contributed by atoms with Crippen molar-refractivity contribution in [2.75, 3.05) is 27.7 Å². The van der Waals surface area contributed by atoms with E-state index in [2.05, 4.69) is 16.4 Å². The van der Waals surface area contributed by atoms with Crippen molar-refractivity contribution < 1.29 is 9.21 Å². The van der Waals surface area contributed by atoms with Gasteiger partial charge < -0.3 is 19.5 Å². The van der Waals surface area contributed by atoms with Crippen LogP contribution in [0.4, 0.5) is 0 Å². The van der Waals surface area contributed by atoms with Gasteiger partial charge in [-0.25, -0.2) is 4.99 Å². The average Bonchev–Trinajstić information content (AvgIpc) is 3.29. The number of carbonyl (C=O) groups excluding carboxylic acids is 1. The SMILES string of the molecule is CN(C)C(=O)CN=C(NCc1cccs1)N(C)Cc1cc2ccccc2o1. The molecule has 0 spiro atoms. The van der Waals surface area contributed by atoms with E-state index in [1.807, 2.05) is 53.7 Å². The van der Waals surface area contributed by atoms with E-state index in [0.717, 1.165) is 16.7 Å². The molecule has 3 rings (SSSR count). The molecule has 0 aliphatic carbocycles. The monoisotopic (exact) mass is 384 g/mol. The Hall–Kier alpha value is -2.80. The fourth-order valence-electron chi connectivity index (χ4n) is 2.60. The van der Waals surface area contributed by atoms with Crippen molar-refractivity contribution in [1.29, 1.82) is 0 Å². The van der Waals surface area contributed by atoms with Gasteiger partial charge in [0.1, 0.15) is 17.9 Å². The van der Waals surface area contributed by atoms with Crippen LogP contribution < -0.4 is 5.32 Å². The third-order valence-corrected chi connectivity index (χ3v) is 4.97. The number of furan rings is 1. The van der Waals surface area contributed by atoms with E-state index in [1.54, 1.807) is 30.3 Å². The van der Waals surface area contributed by atoms with Crippen LogP contribution in [0.1, 0.15) is 10.6 Å². The van der Waals surface area contributed by atoms with Crippen molar-refractivity contribution >= 4 is 34.2 Å². The van der Waals surface area contributed by atoms with E-state index < -0.39 is 0 Å². The highest BCUT2D eigenvalue weighted by Gasteiger charge is 2.12. The number of fused-ring (bicyclic) bond motifs is 1. The maximum Gasteiger partial charge on any atom is 0.243 e. The van der Waals surface area contributed by atoms with Crippen LogP contribution in [0.3, 0.4) is 0 Å². The van der Waals surface area contributed by atoms with Gasteiger partial charge in [0.2, 0.25) is 5.91 Å². The fourth-order valence-corrected chi connectivity index (χ4v) is 3.24. The predicted octanol–water partition coefficient (Wildman–Crippen LogP) is 3.16. The first-order valence-electron chi connectivity index (χ1n) is 8.72. The number of amides is 1. The molecule has 0 aliphatic heterocycles. The third kappa shape index (κ3) is 5.10. The Bertz CT molecular complexity index is 882. The lowest BCUT2D eigenvalue weighted by Gasteiger charge is -2.21. The molecule has 2 aromatic heterocycles. The maximum atomic E-state index is 11.9. The number of nitrogens with zero attached hydrogens (tertiary/aromatic N) is 3. The molecule has 0 saturated carbocycles. The topological polar surface area (TPSA) is 61.1 Å². The minimum Gasteiger partial charge on any atom is -0.459 e. The van der Waals surface area contributed by atoms with Crippen LogP contribution in [-0.2, 0) is 17.9 Å². The molecule has 0 fully saturated rings. The van der Waals surface area contributed by atoms with Crippen molar-refractivity contribution in [3.05, 3.63) is 58.5 Å². The number of hydrogen-bond acceptors (Lipinski definition) is 4. The Morgan fingerprint density at radius 1 is 1.19 bits per heavy atom. The molecule has 6 nitrogen and oxygen atoms in total. The molecule has 7 heteroatoms. The number of para-hydroxylation sites is 1. The van der Waals surface area contributed by atoms with Gasteiger partial charge in [-0.1, -0.05) is 24.3 Å². The lowest BCUT2D eigenvalue weighted by Crippen LogP contribution is -2.39. The van der Waals surface area contributed by atoms with E-state index in [0.29, 0.717) is 19.0 Å². The lowest BCUT2D eigenvalue weighted by molar-refractivity contribution is -0.127. The van der Waals surface area contributed by atoms with E-state index in [1.165, 1.54) is 4.88 Å².